The molecule has 1 fully saturated rings. The maximum absolute atomic E-state index is 12.4. The normalized spacial score (nSPS) is 15.4. The van der Waals surface area contributed by atoms with Crippen LogP contribution in [0.3, 0.4) is 0 Å². The van der Waals surface area contributed by atoms with Crippen LogP contribution in [0.4, 0.5) is 0 Å². The Morgan fingerprint density at radius 3 is 2.57 bits per heavy atom. The first kappa shape index (κ1) is 20.4. The Kier molecular flexibility index (Phi) is 6.67. The third-order valence-corrected chi connectivity index (χ3v) is 5.72. The monoisotopic (exact) mass is 406 g/mol. The summed E-state index contributed by atoms with van der Waals surface area (Å²) in [5.41, 5.74) is 2.88. The molecule has 0 spiro atoms. The fourth-order valence-electron chi connectivity index (χ4n) is 3.97. The number of hydrogen-bond acceptors (Lipinski definition) is 4. The average Bonchev–Trinajstić information content (AvgIpc) is 3.22. The first-order valence-corrected chi connectivity index (χ1v) is 10.6. The van der Waals surface area contributed by atoms with E-state index >= 15 is 0 Å². The van der Waals surface area contributed by atoms with E-state index in [2.05, 4.69) is 50.4 Å². The van der Waals surface area contributed by atoms with Crippen molar-refractivity contribution in [2.24, 2.45) is 0 Å². The van der Waals surface area contributed by atoms with Crippen molar-refractivity contribution in [2.45, 2.75) is 13.0 Å². The molecule has 3 aromatic rings. The van der Waals surface area contributed by atoms with Crippen LogP contribution in [-0.4, -0.2) is 67.1 Å². The lowest BCUT2D eigenvalue weighted by molar-refractivity contribution is 0.0943. The first-order chi connectivity index (χ1) is 14.7. The smallest absolute Gasteiger partial charge is 0.267 e. The van der Waals surface area contributed by atoms with Crippen LogP contribution in [0.25, 0.3) is 10.9 Å². The maximum Gasteiger partial charge on any atom is 0.267 e. The average molecular weight is 407 g/mol. The number of fused-ring (bicyclic) bond motifs is 1. The van der Waals surface area contributed by atoms with Crippen LogP contribution < -0.4 is 10.1 Å². The number of aromatic nitrogens is 1. The van der Waals surface area contributed by atoms with Crippen LogP contribution in [0.5, 0.6) is 5.75 Å². The molecule has 2 heterocycles. The molecular weight excluding hydrogens is 376 g/mol. The molecule has 1 saturated heterocycles. The number of nitrogens with one attached hydrogen (secondary N) is 2. The molecule has 1 aliphatic rings. The van der Waals surface area contributed by atoms with E-state index in [0.717, 1.165) is 62.3 Å². The van der Waals surface area contributed by atoms with Gasteiger partial charge in [-0.05, 0) is 36.7 Å². The molecule has 4 rings (SSSR count). The number of piperazine rings is 1. The van der Waals surface area contributed by atoms with Gasteiger partial charge in [-0.1, -0.05) is 30.3 Å². The summed E-state index contributed by atoms with van der Waals surface area (Å²) in [6, 6.07) is 18.3. The second kappa shape index (κ2) is 9.78. The summed E-state index contributed by atoms with van der Waals surface area (Å²) in [5.74, 6) is 0.720. The van der Waals surface area contributed by atoms with Crippen LogP contribution in [0.1, 0.15) is 22.5 Å². The molecule has 0 aliphatic carbocycles. The van der Waals surface area contributed by atoms with Crippen LogP contribution in [-0.2, 0) is 6.54 Å². The molecule has 0 unspecified atom stereocenters. The molecular formula is C24H30N4O2. The largest absolute Gasteiger partial charge is 0.497 e. The van der Waals surface area contributed by atoms with Crippen molar-refractivity contribution >= 4 is 16.8 Å². The SMILES string of the molecule is COc1ccc2cc(C(=O)NCCCN3CCN(Cc4ccccc4)CC3)[nH]c2c1. The van der Waals surface area contributed by atoms with Gasteiger partial charge in [0.05, 0.1) is 7.11 Å². The van der Waals surface area contributed by atoms with Crippen LogP contribution in [0.15, 0.2) is 54.6 Å². The Morgan fingerprint density at radius 1 is 1.03 bits per heavy atom. The molecule has 0 saturated carbocycles. The highest BCUT2D eigenvalue weighted by Crippen LogP contribution is 2.21. The zero-order chi connectivity index (χ0) is 20.8. The third kappa shape index (κ3) is 5.20. The quantitative estimate of drug-likeness (QED) is 0.565. The maximum atomic E-state index is 12.4. The van der Waals surface area contributed by atoms with E-state index in [1.165, 1.54) is 5.56 Å². The van der Waals surface area contributed by atoms with Crippen LogP contribution in [0.2, 0.25) is 0 Å². The molecule has 2 N–H and O–H groups in total. The van der Waals surface area contributed by atoms with Gasteiger partial charge in [0.15, 0.2) is 0 Å². The van der Waals surface area contributed by atoms with E-state index in [9.17, 15) is 4.79 Å². The van der Waals surface area contributed by atoms with Gasteiger partial charge in [0, 0.05) is 56.2 Å². The van der Waals surface area contributed by atoms with E-state index < -0.39 is 0 Å². The standard InChI is InChI=1S/C24H30N4O2/c1-30-21-9-8-20-16-23(26-22(20)17-21)24(29)25-10-5-11-27-12-14-28(15-13-27)18-19-6-3-2-4-7-19/h2-4,6-9,16-17,26H,5,10-15,18H2,1H3,(H,25,29). The second-order valence-electron chi connectivity index (χ2n) is 7.85. The number of methoxy groups -OCH3 is 1. The summed E-state index contributed by atoms with van der Waals surface area (Å²) in [5, 5.41) is 4.04. The van der Waals surface area contributed by atoms with Gasteiger partial charge in [0.2, 0.25) is 0 Å². The predicted octanol–water partition coefficient (Wildman–Crippen LogP) is 3.11. The van der Waals surface area contributed by atoms with Crippen molar-refractivity contribution < 1.29 is 9.53 Å². The summed E-state index contributed by atoms with van der Waals surface area (Å²) in [4.78, 5) is 20.6. The lowest BCUT2D eigenvalue weighted by atomic mass is 10.2. The molecule has 1 amide bonds. The van der Waals surface area contributed by atoms with Gasteiger partial charge in [0.1, 0.15) is 11.4 Å². The molecule has 158 valence electrons. The van der Waals surface area contributed by atoms with Gasteiger partial charge in [-0.15, -0.1) is 0 Å². The van der Waals surface area contributed by atoms with Crippen molar-refractivity contribution in [3.63, 3.8) is 0 Å². The number of rotatable bonds is 8. The Balaban J connectivity index is 1.16. The van der Waals surface area contributed by atoms with Gasteiger partial charge >= 0.3 is 0 Å². The van der Waals surface area contributed by atoms with E-state index in [1.807, 2.05) is 24.3 Å². The molecule has 6 heteroatoms. The van der Waals surface area contributed by atoms with Gasteiger partial charge in [-0.2, -0.15) is 0 Å². The second-order valence-corrected chi connectivity index (χ2v) is 7.85. The number of aromatic amines is 1. The number of amides is 1. The molecule has 6 nitrogen and oxygen atoms in total. The van der Waals surface area contributed by atoms with E-state index in [1.54, 1.807) is 7.11 Å². The number of nitrogens with zero attached hydrogens (tertiary/aromatic N) is 2. The Bertz CT molecular complexity index is 962. The number of benzene rings is 2. The van der Waals surface area contributed by atoms with Gasteiger partial charge in [-0.3, -0.25) is 9.69 Å². The number of carbonyl (C=O) groups excluding carboxylic acids is 1. The van der Waals surface area contributed by atoms with E-state index in [-0.39, 0.29) is 5.91 Å². The predicted molar refractivity (Wildman–Crippen MR) is 120 cm³/mol. The summed E-state index contributed by atoms with van der Waals surface area (Å²) in [6.07, 6.45) is 0.957. The van der Waals surface area contributed by atoms with Gasteiger partial charge in [-0.25, -0.2) is 0 Å². The number of H-pyrrole nitrogens is 1. The molecule has 2 aromatic carbocycles. The third-order valence-electron chi connectivity index (χ3n) is 5.72. The Labute approximate surface area is 177 Å². The summed E-state index contributed by atoms with van der Waals surface area (Å²) in [6.45, 7) is 7.10. The zero-order valence-corrected chi connectivity index (χ0v) is 17.6. The zero-order valence-electron chi connectivity index (χ0n) is 17.6. The van der Waals surface area contributed by atoms with Crippen molar-refractivity contribution in [3.05, 3.63) is 65.9 Å². The van der Waals surface area contributed by atoms with Crippen molar-refractivity contribution in [1.82, 2.24) is 20.1 Å². The minimum atomic E-state index is -0.0575. The lowest BCUT2D eigenvalue weighted by Gasteiger charge is -2.34. The van der Waals surface area contributed by atoms with Crippen molar-refractivity contribution in [2.75, 3.05) is 46.4 Å². The molecule has 0 bridgehead atoms. The highest BCUT2D eigenvalue weighted by molar-refractivity contribution is 5.98. The van der Waals surface area contributed by atoms with E-state index in [0.29, 0.717) is 12.2 Å². The van der Waals surface area contributed by atoms with E-state index in [4.69, 9.17) is 4.74 Å². The molecule has 0 atom stereocenters. The molecule has 30 heavy (non-hydrogen) atoms. The minimum Gasteiger partial charge on any atom is -0.497 e. The summed E-state index contributed by atoms with van der Waals surface area (Å²) >= 11 is 0. The van der Waals surface area contributed by atoms with Crippen molar-refractivity contribution in [1.29, 1.82) is 0 Å². The summed E-state index contributed by atoms with van der Waals surface area (Å²) < 4.78 is 5.24. The van der Waals surface area contributed by atoms with Gasteiger partial charge in [0.25, 0.3) is 5.91 Å². The first-order valence-electron chi connectivity index (χ1n) is 10.6. The minimum absolute atomic E-state index is 0.0575. The van der Waals surface area contributed by atoms with Gasteiger partial charge < -0.3 is 19.9 Å². The summed E-state index contributed by atoms with van der Waals surface area (Å²) in [7, 11) is 1.64. The molecule has 0 radical (unpaired) electrons. The fraction of sp³-hybridized carbons (Fsp3) is 0.375. The molecule has 1 aromatic heterocycles. The lowest BCUT2D eigenvalue weighted by Crippen LogP contribution is -2.46. The number of hydrogen-bond donors (Lipinski definition) is 2. The topological polar surface area (TPSA) is 60.6 Å². The highest BCUT2D eigenvalue weighted by atomic mass is 16.5. The van der Waals surface area contributed by atoms with Crippen molar-refractivity contribution in [3.8, 4) is 5.75 Å². The highest BCUT2D eigenvalue weighted by Gasteiger charge is 2.16. The van der Waals surface area contributed by atoms with Crippen LogP contribution in [0, 0.1) is 0 Å². The Morgan fingerprint density at radius 2 is 1.80 bits per heavy atom. The van der Waals surface area contributed by atoms with Crippen LogP contribution >= 0.6 is 0 Å². The fourth-order valence-corrected chi connectivity index (χ4v) is 3.97. The number of ether oxygens (including phenoxy) is 1. The molecule has 1 aliphatic heterocycles. The Hall–Kier alpha value is -2.83. The number of carbonyl (C=O) groups is 1.